The molecule has 1 heterocycles. The average Bonchev–Trinajstić information content (AvgIpc) is 3.08. The number of anilines is 1. The van der Waals surface area contributed by atoms with Gasteiger partial charge in [0.05, 0.1) is 0 Å². The molecule has 0 saturated heterocycles. The minimum atomic E-state index is -0.393. The lowest BCUT2D eigenvalue weighted by Gasteiger charge is -2.14. The molecule has 2 aromatic carbocycles. The molecule has 0 radical (unpaired) electrons. The van der Waals surface area contributed by atoms with Crippen molar-refractivity contribution in [3.8, 4) is 11.1 Å². The lowest BCUT2D eigenvalue weighted by Crippen LogP contribution is -2.26. The molecule has 0 aliphatic heterocycles. The van der Waals surface area contributed by atoms with Crippen LogP contribution in [0.4, 0.5) is 10.6 Å². The fourth-order valence-electron chi connectivity index (χ4n) is 3.82. The first-order valence-electron chi connectivity index (χ1n) is 10.1. The molecule has 3 N–H and O–H groups in total. The number of aromatic nitrogens is 1. The molecule has 3 aromatic rings. The first kappa shape index (κ1) is 19.7. The molecule has 4 rings (SSSR count). The summed E-state index contributed by atoms with van der Waals surface area (Å²) in [5, 5.41) is 2.81. The maximum absolute atomic E-state index is 12.2. The lowest BCUT2D eigenvalue weighted by atomic mass is 9.98. The van der Waals surface area contributed by atoms with Gasteiger partial charge in [-0.3, -0.25) is 0 Å². The van der Waals surface area contributed by atoms with Crippen molar-refractivity contribution in [2.75, 3.05) is 18.9 Å². The molecule has 0 saturated carbocycles. The van der Waals surface area contributed by atoms with Crippen LogP contribution in [0, 0.1) is 6.92 Å². The summed E-state index contributed by atoms with van der Waals surface area (Å²) in [5.74, 6) is 0.619. The maximum atomic E-state index is 12.2. The number of carbonyl (C=O) groups is 1. The van der Waals surface area contributed by atoms with Crippen LogP contribution in [-0.2, 0) is 4.74 Å². The minimum absolute atomic E-state index is 0.0734. The average molecular weight is 399 g/mol. The number of benzene rings is 2. The van der Waals surface area contributed by atoms with Crippen molar-refractivity contribution in [2.24, 2.45) is 0 Å². The van der Waals surface area contributed by atoms with Crippen LogP contribution >= 0.6 is 0 Å². The van der Waals surface area contributed by atoms with E-state index in [0.717, 1.165) is 11.1 Å². The molecule has 0 atom stereocenters. The molecule has 30 heavy (non-hydrogen) atoms. The fourth-order valence-corrected chi connectivity index (χ4v) is 3.82. The van der Waals surface area contributed by atoms with E-state index in [1.807, 2.05) is 49.4 Å². The van der Waals surface area contributed by atoms with Crippen LogP contribution in [0.1, 0.15) is 34.6 Å². The van der Waals surface area contributed by atoms with Crippen molar-refractivity contribution in [2.45, 2.75) is 19.3 Å². The van der Waals surface area contributed by atoms with Gasteiger partial charge in [0, 0.05) is 18.7 Å². The Morgan fingerprint density at radius 3 is 2.47 bits per heavy atom. The number of amides is 1. The lowest BCUT2D eigenvalue weighted by molar-refractivity contribution is 0.143. The van der Waals surface area contributed by atoms with Gasteiger partial charge in [0.25, 0.3) is 0 Å². The predicted molar refractivity (Wildman–Crippen MR) is 120 cm³/mol. The minimum Gasteiger partial charge on any atom is -0.449 e. The topological polar surface area (TPSA) is 77.2 Å². The highest BCUT2D eigenvalue weighted by atomic mass is 16.5. The molecule has 1 aliphatic rings. The largest absolute Gasteiger partial charge is 0.449 e. The van der Waals surface area contributed by atoms with Crippen molar-refractivity contribution < 1.29 is 9.53 Å². The standard InChI is InChI=1S/C25H25N3O2/c1-17-14-18(15-28-24(17)26)8-6-7-13-27-25(29)30-16-23-21-11-4-2-9-19(21)20-10-3-5-12-22(20)23/h2-6,8-12,14-15,23H,7,13,16H2,1H3,(H2,26,28)(H,27,29). The summed E-state index contributed by atoms with van der Waals surface area (Å²) in [5.41, 5.74) is 12.5. The summed E-state index contributed by atoms with van der Waals surface area (Å²) in [7, 11) is 0. The summed E-state index contributed by atoms with van der Waals surface area (Å²) in [6.45, 7) is 2.76. The number of hydrogen-bond acceptors (Lipinski definition) is 4. The van der Waals surface area contributed by atoms with Crippen molar-refractivity contribution in [1.29, 1.82) is 0 Å². The van der Waals surface area contributed by atoms with Gasteiger partial charge in [-0.05, 0) is 52.8 Å². The molecule has 0 bridgehead atoms. The maximum Gasteiger partial charge on any atom is 0.407 e. The van der Waals surface area contributed by atoms with Crippen molar-refractivity contribution in [1.82, 2.24) is 10.3 Å². The highest BCUT2D eigenvalue weighted by Crippen LogP contribution is 2.44. The van der Waals surface area contributed by atoms with Gasteiger partial charge < -0.3 is 15.8 Å². The summed E-state index contributed by atoms with van der Waals surface area (Å²) in [6.07, 6.45) is 6.01. The monoisotopic (exact) mass is 399 g/mol. The summed E-state index contributed by atoms with van der Waals surface area (Å²) in [4.78, 5) is 16.3. The van der Waals surface area contributed by atoms with E-state index in [2.05, 4.69) is 34.6 Å². The molecule has 0 unspecified atom stereocenters. The quantitative estimate of drug-likeness (QED) is 0.577. The summed E-state index contributed by atoms with van der Waals surface area (Å²) >= 11 is 0. The normalized spacial score (nSPS) is 12.6. The van der Waals surface area contributed by atoms with Gasteiger partial charge in [-0.25, -0.2) is 9.78 Å². The number of nitrogen functional groups attached to an aromatic ring is 1. The van der Waals surface area contributed by atoms with E-state index in [-0.39, 0.29) is 5.92 Å². The molecule has 5 heteroatoms. The first-order valence-corrected chi connectivity index (χ1v) is 10.1. The number of hydrogen-bond donors (Lipinski definition) is 2. The second kappa shape index (κ2) is 8.82. The van der Waals surface area contributed by atoms with Gasteiger partial charge in [0.1, 0.15) is 12.4 Å². The van der Waals surface area contributed by atoms with E-state index in [4.69, 9.17) is 10.5 Å². The molecule has 1 aliphatic carbocycles. The second-order valence-electron chi connectivity index (χ2n) is 7.41. The zero-order chi connectivity index (χ0) is 20.9. The number of ether oxygens (including phenoxy) is 1. The first-order chi connectivity index (χ1) is 14.6. The van der Waals surface area contributed by atoms with E-state index in [1.54, 1.807) is 6.20 Å². The smallest absolute Gasteiger partial charge is 0.407 e. The molecule has 0 fully saturated rings. The molecular formula is C25H25N3O2. The van der Waals surface area contributed by atoms with Gasteiger partial charge in [-0.2, -0.15) is 0 Å². The highest BCUT2D eigenvalue weighted by Gasteiger charge is 2.28. The Labute approximate surface area is 176 Å². The third-order valence-corrected chi connectivity index (χ3v) is 5.37. The van der Waals surface area contributed by atoms with Gasteiger partial charge >= 0.3 is 6.09 Å². The number of rotatable bonds is 6. The SMILES string of the molecule is Cc1cc(C=CCCNC(=O)OCC2c3ccccc3-c3ccccc32)cnc1N. The number of aryl methyl sites for hydroxylation is 1. The van der Waals surface area contributed by atoms with Crippen LogP contribution in [0.15, 0.2) is 66.9 Å². The molecule has 0 spiro atoms. The summed E-state index contributed by atoms with van der Waals surface area (Å²) in [6, 6.07) is 18.6. The van der Waals surface area contributed by atoms with Crippen LogP contribution in [-0.4, -0.2) is 24.2 Å². The van der Waals surface area contributed by atoms with Gasteiger partial charge in [0.2, 0.25) is 0 Å². The van der Waals surface area contributed by atoms with Crippen LogP contribution in [0.25, 0.3) is 17.2 Å². The zero-order valence-electron chi connectivity index (χ0n) is 17.0. The molecular weight excluding hydrogens is 374 g/mol. The number of alkyl carbamates (subject to hydrolysis) is 1. The number of nitrogens with zero attached hydrogens (tertiary/aromatic N) is 1. The third-order valence-electron chi connectivity index (χ3n) is 5.37. The fraction of sp³-hybridized carbons (Fsp3) is 0.200. The number of pyridine rings is 1. The van der Waals surface area contributed by atoms with Crippen LogP contribution in [0.2, 0.25) is 0 Å². The Kier molecular flexibility index (Phi) is 5.80. The Morgan fingerprint density at radius 1 is 1.13 bits per heavy atom. The summed E-state index contributed by atoms with van der Waals surface area (Å²) < 4.78 is 5.54. The van der Waals surface area contributed by atoms with E-state index >= 15 is 0 Å². The van der Waals surface area contributed by atoms with Crippen LogP contribution in [0.5, 0.6) is 0 Å². The van der Waals surface area contributed by atoms with E-state index in [1.165, 1.54) is 22.3 Å². The highest BCUT2D eigenvalue weighted by molar-refractivity contribution is 5.79. The molecule has 5 nitrogen and oxygen atoms in total. The van der Waals surface area contributed by atoms with E-state index in [9.17, 15) is 4.79 Å². The Bertz CT molecular complexity index is 1050. The van der Waals surface area contributed by atoms with Crippen molar-refractivity contribution >= 4 is 18.0 Å². The Morgan fingerprint density at radius 2 is 1.80 bits per heavy atom. The molecule has 1 amide bonds. The van der Waals surface area contributed by atoms with E-state index < -0.39 is 6.09 Å². The van der Waals surface area contributed by atoms with Gasteiger partial charge in [-0.1, -0.05) is 60.7 Å². The number of carbonyl (C=O) groups excluding carboxylic acids is 1. The Balaban J connectivity index is 1.27. The van der Waals surface area contributed by atoms with Crippen molar-refractivity contribution in [3.05, 3.63) is 89.1 Å². The predicted octanol–water partition coefficient (Wildman–Crippen LogP) is 4.91. The number of fused-ring (bicyclic) bond motifs is 3. The second-order valence-corrected chi connectivity index (χ2v) is 7.41. The zero-order valence-corrected chi connectivity index (χ0v) is 17.0. The Hall–Kier alpha value is -3.60. The number of nitrogens with two attached hydrogens (primary N) is 1. The molecule has 1 aromatic heterocycles. The van der Waals surface area contributed by atoms with E-state index in [0.29, 0.717) is 25.4 Å². The van der Waals surface area contributed by atoms with Crippen LogP contribution in [0.3, 0.4) is 0 Å². The van der Waals surface area contributed by atoms with Crippen LogP contribution < -0.4 is 11.1 Å². The number of nitrogens with one attached hydrogen (secondary N) is 1. The van der Waals surface area contributed by atoms with Gasteiger partial charge in [0.15, 0.2) is 0 Å². The third kappa shape index (κ3) is 4.20. The molecule has 152 valence electrons. The van der Waals surface area contributed by atoms with Crippen molar-refractivity contribution in [3.63, 3.8) is 0 Å². The van der Waals surface area contributed by atoms with Gasteiger partial charge in [-0.15, -0.1) is 0 Å².